The van der Waals surface area contributed by atoms with E-state index < -0.39 is 6.04 Å². The molecule has 6 nitrogen and oxygen atoms in total. The van der Waals surface area contributed by atoms with Crippen LogP contribution in [0.4, 0.5) is 11.4 Å². The van der Waals surface area contributed by atoms with Crippen LogP contribution in [0.15, 0.2) is 60.0 Å². The highest BCUT2D eigenvalue weighted by atomic mass is 35.5. The van der Waals surface area contributed by atoms with Gasteiger partial charge in [-0.15, -0.1) is 11.3 Å². The molecule has 1 aliphatic rings. The lowest BCUT2D eigenvalue weighted by atomic mass is 10.1. The number of nitrogens with one attached hydrogen (secondary N) is 1. The topological polar surface area (TPSA) is 61.9 Å². The van der Waals surface area contributed by atoms with Crippen molar-refractivity contribution in [3.63, 3.8) is 0 Å². The van der Waals surface area contributed by atoms with E-state index in [-0.39, 0.29) is 18.2 Å². The molecule has 9 heteroatoms. The number of rotatable bonds is 8. The molecule has 2 aromatic carbocycles. The van der Waals surface area contributed by atoms with Gasteiger partial charge >= 0.3 is 0 Å². The minimum Gasteiger partial charge on any atom is -0.497 e. The molecular formula is C25H24ClN3O3S2. The fourth-order valence-electron chi connectivity index (χ4n) is 3.86. The lowest BCUT2D eigenvalue weighted by molar-refractivity contribution is -0.124. The van der Waals surface area contributed by atoms with Gasteiger partial charge in [-0.3, -0.25) is 14.5 Å². The Kier molecular flexibility index (Phi) is 7.50. The number of carbonyl (C=O) groups excluding carboxylic acids is 2. The second-order valence-corrected chi connectivity index (χ2v) is 9.70. The van der Waals surface area contributed by atoms with Crippen LogP contribution in [0.2, 0.25) is 5.02 Å². The zero-order valence-corrected chi connectivity index (χ0v) is 21.2. The minimum absolute atomic E-state index is 0.0154. The van der Waals surface area contributed by atoms with Crippen LogP contribution in [-0.2, 0) is 16.0 Å². The fraction of sp³-hybridized carbons (Fsp3) is 0.240. The first kappa shape index (κ1) is 24.2. The van der Waals surface area contributed by atoms with Crippen LogP contribution in [0, 0.1) is 6.92 Å². The molecule has 0 saturated carbocycles. The Hall–Kier alpha value is -2.94. The predicted molar refractivity (Wildman–Crippen MR) is 141 cm³/mol. The van der Waals surface area contributed by atoms with E-state index in [2.05, 4.69) is 23.7 Å². The summed E-state index contributed by atoms with van der Waals surface area (Å²) in [6.45, 7) is 2.61. The lowest BCUT2D eigenvalue weighted by Crippen LogP contribution is -2.39. The molecule has 1 aromatic heterocycles. The van der Waals surface area contributed by atoms with Gasteiger partial charge in [0.05, 0.1) is 19.2 Å². The number of nitrogens with zero attached hydrogens (tertiary/aromatic N) is 2. The van der Waals surface area contributed by atoms with Crippen molar-refractivity contribution in [2.45, 2.75) is 25.8 Å². The van der Waals surface area contributed by atoms with Crippen molar-refractivity contribution < 1.29 is 14.3 Å². The van der Waals surface area contributed by atoms with Crippen molar-refractivity contribution in [2.24, 2.45) is 0 Å². The van der Waals surface area contributed by atoms with E-state index in [1.807, 2.05) is 4.90 Å². The van der Waals surface area contributed by atoms with Crippen molar-refractivity contribution in [3.8, 4) is 5.75 Å². The quantitative estimate of drug-likeness (QED) is 0.414. The van der Waals surface area contributed by atoms with E-state index in [0.29, 0.717) is 33.8 Å². The maximum absolute atomic E-state index is 13.5. The molecule has 1 fully saturated rings. The second-order valence-electron chi connectivity index (χ2n) is 7.90. The van der Waals surface area contributed by atoms with Gasteiger partial charge in [0.1, 0.15) is 11.8 Å². The van der Waals surface area contributed by atoms with E-state index in [1.54, 1.807) is 67.0 Å². The molecule has 176 valence electrons. The number of benzene rings is 2. The van der Waals surface area contributed by atoms with Gasteiger partial charge in [-0.1, -0.05) is 11.6 Å². The molecule has 1 N–H and O–H groups in total. The van der Waals surface area contributed by atoms with Crippen LogP contribution in [0.5, 0.6) is 5.75 Å². The fourth-order valence-corrected chi connectivity index (χ4v) is 5.30. The summed E-state index contributed by atoms with van der Waals surface area (Å²) in [4.78, 5) is 31.0. The second kappa shape index (κ2) is 10.5. The predicted octanol–water partition coefficient (Wildman–Crippen LogP) is 5.29. The standard InChI is InChI=1S/C25H24ClN3O3S2/c1-16-12-14-34-22(16)11-13-28-21(15-23(30)27-18-5-9-20(32-2)10-6-18)24(31)29(25(28)33)19-7-3-17(26)4-8-19/h3-10,12,14,21H,11,13,15H2,1-2H3,(H,27,30)/t21-/m0/s1. The Morgan fingerprint density at radius 3 is 2.47 bits per heavy atom. The number of carbonyl (C=O) groups is 2. The molecule has 2 amide bonds. The molecule has 0 unspecified atom stereocenters. The van der Waals surface area contributed by atoms with E-state index in [4.69, 9.17) is 28.6 Å². The summed E-state index contributed by atoms with van der Waals surface area (Å²) in [5.74, 6) is 0.213. The van der Waals surface area contributed by atoms with E-state index in [9.17, 15) is 9.59 Å². The highest BCUT2D eigenvalue weighted by Crippen LogP contribution is 2.29. The first-order valence-electron chi connectivity index (χ1n) is 10.7. The average Bonchev–Trinajstić information content (AvgIpc) is 3.33. The third kappa shape index (κ3) is 5.24. The Morgan fingerprint density at radius 1 is 1.15 bits per heavy atom. The van der Waals surface area contributed by atoms with E-state index in [1.165, 1.54) is 15.3 Å². The van der Waals surface area contributed by atoms with Crippen LogP contribution in [0.3, 0.4) is 0 Å². The van der Waals surface area contributed by atoms with E-state index >= 15 is 0 Å². The van der Waals surface area contributed by atoms with Crippen LogP contribution >= 0.6 is 35.2 Å². The van der Waals surface area contributed by atoms with Crippen LogP contribution < -0.4 is 15.0 Å². The average molecular weight is 514 g/mol. The molecule has 1 aliphatic heterocycles. The number of thiophene rings is 1. The van der Waals surface area contributed by atoms with E-state index in [0.717, 1.165) is 6.42 Å². The van der Waals surface area contributed by atoms with Gasteiger partial charge in [0.25, 0.3) is 5.91 Å². The van der Waals surface area contributed by atoms with Gasteiger partial charge in [0.2, 0.25) is 5.91 Å². The summed E-state index contributed by atoms with van der Waals surface area (Å²) < 4.78 is 5.16. The number of methoxy groups -OCH3 is 1. The summed E-state index contributed by atoms with van der Waals surface area (Å²) in [6, 6.07) is 15.4. The van der Waals surface area contributed by atoms with Gasteiger partial charge in [0, 0.05) is 22.1 Å². The normalized spacial score (nSPS) is 15.7. The van der Waals surface area contributed by atoms with Crippen LogP contribution in [0.25, 0.3) is 0 Å². The molecule has 0 bridgehead atoms. The summed E-state index contributed by atoms with van der Waals surface area (Å²) in [7, 11) is 1.58. The molecule has 34 heavy (non-hydrogen) atoms. The minimum atomic E-state index is -0.693. The van der Waals surface area contributed by atoms with Crippen LogP contribution in [0.1, 0.15) is 16.9 Å². The Labute approximate surface area is 213 Å². The summed E-state index contributed by atoms with van der Waals surface area (Å²) in [5, 5.41) is 5.88. The van der Waals surface area contributed by atoms with Gasteiger partial charge in [-0.25, -0.2) is 0 Å². The number of hydrogen-bond acceptors (Lipinski definition) is 5. The molecule has 0 aliphatic carbocycles. The van der Waals surface area contributed by atoms with Crippen LogP contribution in [-0.4, -0.2) is 41.5 Å². The Bertz CT molecular complexity index is 1190. The Balaban J connectivity index is 1.54. The molecular weight excluding hydrogens is 490 g/mol. The lowest BCUT2D eigenvalue weighted by Gasteiger charge is -2.24. The third-order valence-electron chi connectivity index (χ3n) is 5.70. The third-order valence-corrected chi connectivity index (χ3v) is 7.46. The zero-order chi connectivity index (χ0) is 24.2. The van der Waals surface area contributed by atoms with Gasteiger partial charge < -0.3 is 15.0 Å². The molecule has 0 radical (unpaired) electrons. The molecule has 4 rings (SSSR count). The smallest absolute Gasteiger partial charge is 0.256 e. The first-order chi connectivity index (χ1) is 16.4. The summed E-state index contributed by atoms with van der Waals surface area (Å²) in [5.41, 5.74) is 2.48. The van der Waals surface area contributed by atoms with Crippen molar-refractivity contribution in [3.05, 3.63) is 75.4 Å². The van der Waals surface area contributed by atoms with Gasteiger partial charge in [-0.2, -0.15) is 0 Å². The van der Waals surface area contributed by atoms with Crippen molar-refractivity contribution >= 4 is 63.5 Å². The van der Waals surface area contributed by atoms with Crippen molar-refractivity contribution in [2.75, 3.05) is 23.9 Å². The summed E-state index contributed by atoms with van der Waals surface area (Å²) >= 11 is 13.4. The van der Waals surface area contributed by atoms with Crippen molar-refractivity contribution in [1.82, 2.24) is 4.90 Å². The number of halogens is 1. The molecule has 1 atom stereocenters. The summed E-state index contributed by atoms with van der Waals surface area (Å²) in [6.07, 6.45) is 0.723. The monoisotopic (exact) mass is 513 g/mol. The van der Waals surface area contributed by atoms with Crippen molar-refractivity contribution in [1.29, 1.82) is 0 Å². The molecule has 2 heterocycles. The maximum Gasteiger partial charge on any atom is 0.256 e. The number of anilines is 2. The number of thiocarbonyl (C=S) groups is 1. The highest BCUT2D eigenvalue weighted by molar-refractivity contribution is 7.80. The number of aryl methyl sites for hydroxylation is 1. The number of amides is 2. The SMILES string of the molecule is COc1ccc(NC(=O)C[C@H]2C(=O)N(c3ccc(Cl)cc3)C(=S)N2CCc2sccc2C)cc1. The van der Waals surface area contributed by atoms with Gasteiger partial charge in [-0.05, 0) is 91.1 Å². The first-order valence-corrected chi connectivity index (χ1v) is 12.4. The molecule has 3 aromatic rings. The highest BCUT2D eigenvalue weighted by Gasteiger charge is 2.44. The zero-order valence-electron chi connectivity index (χ0n) is 18.8. The maximum atomic E-state index is 13.5. The Morgan fingerprint density at radius 2 is 1.85 bits per heavy atom. The number of hydrogen-bond donors (Lipinski definition) is 1. The molecule has 0 spiro atoms. The molecule has 1 saturated heterocycles. The van der Waals surface area contributed by atoms with Gasteiger partial charge in [0.15, 0.2) is 5.11 Å². The number of ether oxygens (including phenoxy) is 1. The largest absolute Gasteiger partial charge is 0.497 e.